The standard InChI is InChI=1S/C17H19F2NO/c1-20(16-5-7-17(21-2)8-6-16)9-3-4-13-10-14(18)12-15(19)11-13/h5-8,10-12H,3-4,9H2,1-2H3. The summed E-state index contributed by atoms with van der Waals surface area (Å²) in [5.74, 6) is -0.218. The number of benzene rings is 2. The summed E-state index contributed by atoms with van der Waals surface area (Å²) in [6, 6.07) is 11.5. The van der Waals surface area contributed by atoms with Gasteiger partial charge in [-0.1, -0.05) is 0 Å². The van der Waals surface area contributed by atoms with Gasteiger partial charge >= 0.3 is 0 Å². The number of rotatable bonds is 6. The molecule has 0 amide bonds. The first-order chi connectivity index (χ1) is 10.1. The molecule has 0 radical (unpaired) electrons. The molecule has 0 fully saturated rings. The van der Waals surface area contributed by atoms with Gasteiger partial charge in [-0.2, -0.15) is 0 Å². The summed E-state index contributed by atoms with van der Waals surface area (Å²) in [5, 5.41) is 0. The van der Waals surface area contributed by atoms with Crippen LogP contribution in [-0.2, 0) is 6.42 Å². The molecule has 0 aliphatic rings. The van der Waals surface area contributed by atoms with Crippen molar-refractivity contribution in [1.82, 2.24) is 0 Å². The molecule has 0 spiro atoms. The summed E-state index contributed by atoms with van der Waals surface area (Å²) in [5.41, 5.74) is 1.77. The number of anilines is 1. The van der Waals surface area contributed by atoms with Crippen molar-refractivity contribution >= 4 is 5.69 Å². The van der Waals surface area contributed by atoms with E-state index in [0.29, 0.717) is 12.0 Å². The third-order valence-corrected chi connectivity index (χ3v) is 3.39. The molecule has 0 N–H and O–H groups in total. The number of nitrogens with zero attached hydrogens (tertiary/aromatic N) is 1. The molecule has 0 aliphatic carbocycles. The second-order valence-electron chi connectivity index (χ2n) is 5.00. The first-order valence-corrected chi connectivity index (χ1v) is 6.88. The maximum absolute atomic E-state index is 13.1. The van der Waals surface area contributed by atoms with Gasteiger partial charge in [-0.05, 0) is 54.8 Å². The molecule has 0 unspecified atom stereocenters. The largest absolute Gasteiger partial charge is 0.497 e. The van der Waals surface area contributed by atoms with Gasteiger partial charge in [-0.3, -0.25) is 0 Å². The molecule has 0 aromatic heterocycles. The van der Waals surface area contributed by atoms with Gasteiger partial charge in [0, 0.05) is 25.3 Å². The molecule has 0 saturated carbocycles. The summed E-state index contributed by atoms with van der Waals surface area (Å²) in [6.07, 6.45) is 1.47. The van der Waals surface area contributed by atoms with Crippen molar-refractivity contribution in [2.24, 2.45) is 0 Å². The van der Waals surface area contributed by atoms with Crippen LogP contribution in [0.25, 0.3) is 0 Å². The maximum Gasteiger partial charge on any atom is 0.126 e. The number of ether oxygens (including phenoxy) is 1. The molecule has 21 heavy (non-hydrogen) atoms. The van der Waals surface area contributed by atoms with Gasteiger partial charge in [0.05, 0.1) is 7.11 Å². The number of aryl methyl sites for hydroxylation is 1. The minimum Gasteiger partial charge on any atom is -0.497 e. The Labute approximate surface area is 124 Å². The predicted octanol–water partition coefficient (Wildman–Crippen LogP) is 4.04. The average Bonchev–Trinajstić information content (AvgIpc) is 2.46. The lowest BCUT2D eigenvalue weighted by molar-refractivity contribution is 0.415. The van der Waals surface area contributed by atoms with Crippen molar-refractivity contribution in [3.05, 3.63) is 59.7 Å². The zero-order chi connectivity index (χ0) is 15.2. The van der Waals surface area contributed by atoms with E-state index in [1.165, 1.54) is 12.1 Å². The summed E-state index contributed by atoms with van der Waals surface area (Å²) in [7, 11) is 3.63. The number of methoxy groups -OCH3 is 1. The molecule has 0 bridgehead atoms. The van der Waals surface area contributed by atoms with Crippen LogP contribution in [0.4, 0.5) is 14.5 Å². The highest BCUT2D eigenvalue weighted by Gasteiger charge is 2.04. The SMILES string of the molecule is COc1ccc(N(C)CCCc2cc(F)cc(F)c2)cc1. The molecule has 112 valence electrons. The monoisotopic (exact) mass is 291 g/mol. The van der Waals surface area contributed by atoms with E-state index in [1.807, 2.05) is 31.3 Å². The smallest absolute Gasteiger partial charge is 0.126 e. The van der Waals surface area contributed by atoms with Gasteiger partial charge in [-0.25, -0.2) is 8.78 Å². The van der Waals surface area contributed by atoms with Crippen molar-refractivity contribution in [2.75, 3.05) is 25.6 Å². The van der Waals surface area contributed by atoms with E-state index in [2.05, 4.69) is 4.90 Å². The third kappa shape index (κ3) is 4.45. The Morgan fingerprint density at radius 1 is 1.00 bits per heavy atom. The fourth-order valence-electron chi connectivity index (χ4n) is 2.24. The van der Waals surface area contributed by atoms with Crippen LogP contribution in [0.5, 0.6) is 5.75 Å². The highest BCUT2D eigenvalue weighted by Crippen LogP contribution is 2.18. The molecule has 2 aromatic rings. The van der Waals surface area contributed by atoms with Gasteiger partial charge in [0.25, 0.3) is 0 Å². The quantitative estimate of drug-likeness (QED) is 0.796. The normalized spacial score (nSPS) is 10.5. The van der Waals surface area contributed by atoms with Gasteiger partial charge in [0.2, 0.25) is 0 Å². The van der Waals surface area contributed by atoms with Crippen LogP contribution < -0.4 is 9.64 Å². The van der Waals surface area contributed by atoms with Crippen LogP contribution in [0.2, 0.25) is 0 Å². The van der Waals surface area contributed by atoms with Gasteiger partial charge < -0.3 is 9.64 Å². The van der Waals surface area contributed by atoms with Crippen LogP contribution >= 0.6 is 0 Å². The van der Waals surface area contributed by atoms with Crippen LogP contribution in [0.15, 0.2) is 42.5 Å². The van der Waals surface area contributed by atoms with E-state index in [-0.39, 0.29) is 0 Å². The van der Waals surface area contributed by atoms with E-state index in [0.717, 1.165) is 30.5 Å². The first kappa shape index (κ1) is 15.3. The average molecular weight is 291 g/mol. The molecular formula is C17H19F2NO. The number of halogens is 2. The fourth-order valence-corrected chi connectivity index (χ4v) is 2.24. The lowest BCUT2D eigenvalue weighted by Gasteiger charge is -2.19. The molecule has 2 aromatic carbocycles. The highest BCUT2D eigenvalue weighted by atomic mass is 19.1. The van der Waals surface area contributed by atoms with Crippen molar-refractivity contribution in [1.29, 1.82) is 0 Å². The Balaban J connectivity index is 1.87. The zero-order valence-corrected chi connectivity index (χ0v) is 12.3. The molecule has 2 rings (SSSR count). The van der Waals surface area contributed by atoms with Crippen molar-refractivity contribution < 1.29 is 13.5 Å². The van der Waals surface area contributed by atoms with E-state index in [9.17, 15) is 8.78 Å². The second kappa shape index (κ2) is 7.07. The second-order valence-corrected chi connectivity index (χ2v) is 5.00. The van der Waals surface area contributed by atoms with Crippen molar-refractivity contribution in [3.8, 4) is 5.75 Å². The van der Waals surface area contributed by atoms with E-state index < -0.39 is 11.6 Å². The van der Waals surface area contributed by atoms with Crippen LogP contribution in [0.1, 0.15) is 12.0 Å². The molecular weight excluding hydrogens is 272 g/mol. The minimum atomic E-state index is -0.520. The molecule has 0 atom stereocenters. The Morgan fingerprint density at radius 2 is 1.62 bits per heavy atom. The third-order valence-electron chi connectivity index (χ3n) is 3.39. The summed E-state index contributed by atoms with van der Waals surface area (Å²) >= 11 is 0. The lowest BCUT2D eigenvalue weighted by atomic mass is 10.1. The molecule has 0 aliphatic heterocycles. The van der Waals surface area contributed by atoms with E-state index >= 15 is 0 Å². The Morgan fingerprint density at radius 3 is 2.19 bits per heavy atom. The number of hydrogen-bond donors (Lipinski definition) is 0. The van der Waals surface area contributed by atoms with E-state index in [1.54, 1.807) is 7.11 Å². The van der Waals surface area contributed by atoms with Crippen LogP contribution in [0, 0.1) is 11.6 Å². The van der Waals surface area contributed by atoms with Crippen LogP contribution in [-0.4, -0.2) is 20.7 Å². The number of hydrogen-bond acceptors (Lipinski definition) is 2. The summed E-state index contributed by atoms with van der Waals surface area (Å²) in [6.45, 7) is 0.810. The van der Waals surface area contributed by atoms with Crippen molar-refractivity contribution in [2.45, 2.75) is 12.8 Å². The highest BCUT2D eigenvalue weighted by molar-refractivity contribution is 5.48. The van der Waals surface area contributed by atoms with Gasteiger partial charge in [0.1, 0.15) is 17.4 Å². The predicted molar refractivity (Wildman–Crippen MR) is 80.9 cm³/mol. The minimum absolute atomic E-state index is 0.520. The lowest BCUT2D eigenvalue weighted by Crippen LogP contribution is -2.18. The van der Waals surface area contributed by atoms with Crippen LogP contribution in [0.3, 0.4) is 0 Å². The fraction of sp³-hybridized carbons (Fsp3) is 0.294. The summed E-state index contributed by atoms with van der Waals surface area (Å²) < 4.78 is 31.3. The molecule has 2 nitrogen and oxygen atoms in total. The Kier molecular flexibility index (Phi) is 5.14. The molecule has 4 heteroatoms. The topological polar surface area (TPSA) is 12.5 Å². The van der Waals surface area contributed by atoms with E-state index in [4.69, 9.17) is 4.74 Å². The Bertz CT molecular complexity index is 564. The zero-order valence-electron chi connectivity index (χ0n) is 12.3. The molecule has 0 saturated heterocycles. The van der Waals surface area contributed by atoms with Gasteiger partial charge in [0.15, 0.2) is 0 Å². The molecule has 0 heterocycles. The maximum atomic E-state index is 13.1. The van der Waals surface area contributed by atoms with Gasteiger partial charge in [-0.15, -0.1) is 0 Å². The summed E-state index contributed by atoms with van der Waals surface area (Å²) in [4.78, 5) is 2.11. The first-order valence-electron chi connectivity index (χ1n) is 6.88. The van der Waals surface area contributed by atoms with Crippen molar-refractivity contribution in [3.63, 3.8) is 0 Å². The Hall–Kier alpha value is -2.10.